The molecule has 5 rings (SSSR count). The number of hydrogen-bond acceptors (Lipinski definition) is 5. The van der Waals surface area contributed by atoms with Crippen molar-refractivity contribution in [1.29, 1.82) is 5.26 Å². The highest BCUT2D eigenvalue weighted by Crippen LogP contribution is 2.49. The molecule has 5 nitrogen and oxygen atoms in total. The van der Waals surface area contributed by atoms with Gasteiger partial charge in [-0.05, 0) is 60.9 Å². The Bertz CT molecular complexity index is 1470. The van der Waals surface area contributed by atoms with Crippen LogP contribution in [0.5, 0.6) is 5.75 Å². The van der Waals surface area contributed by atoms with Crippen molar-refractivity contribution < 1.29 is 9.53 Å². The summed E-state index contributed by atoms with van der Waals surface area (Å²) in [4.78, 5) is 21.7. The number of rotatable bonds is 4. The number of methoxy groups -OCH3 is 1. The minimum absolute atomic E-state index is 0.0564. The molecule has 0 atom stereocenters. The average molecular weight is 470 g/mol. The molecular weight excluding hydrogens is 450 g/mol. The molecule has 2 heterocycles. The Balaban J connectivity index is 1.64. The van der Waals surface area contributed by atoms with Crippen molar-refractivity contribution >= 4 is 57.8 Å². The monoisotopic (exact) mass is 469 g/mol. The molecule has 0 fully saturated rings. The first-order chi connectivity index (χ1) is 16.1. The van der Waals surface area contributed by atoms with Crippen molar-refractivity contribution in [1.82, 2.24) is 4.98 Å². The third kappa shape index (κ3) is 3.78. The smallest absolute Gasteiger partial charge is 0.273 e. The van der Waals surface area contributed by atoms with Crippen LogP contribution >= 0.6 is 23.5 Å². The summed E-state index contributed by atoms with van der Waals surface area (Å²) in [6.45, 7) is 0. The normalized spacial score (nSPS) is 12.8. The predicted octanol–water partition coefficient (Wildman–Crippen LogP) is 6.63. The lowest BCUT2D eigenvalue weighted by Gasteiger charge is -2.31. The molecule has 0 spiro atoms. The van der Waals surface area contributed by atoms with E-state index in [1.807, 2.05) is 66.9 Å². The average Bonchev–Trinajstić information content (AvgIpc) is 3.26. The van der Waals surface area contributed by atoms with Crippen LogP contribution in [-0.4, -0.2) is 24.3 Å². The molecule has 33 heavy (non-hydrogen) atoms. The third-order valence-electron chi connectivity index (χ3n) is 5.51. The minimum atomic E-state index is -0.359. The van der Waals surface area contributed by atoms with E-state index in [9.17, 15) is 10.1 Å². The summed E-state index contributed by atoms with van der Waals surface area (Å²) in [5, 5.41) is 10.9. The van der Waals surface area contributed by atoms with E-state index in [1.165, 1.54) is 0 Å². The van der Waals surface area contributed by atoms with Gasteiger partial charge in [0.1, 0.15) is 17.4 Å². The topological polar surface area (TPSA) is 69.1 Å². The number of aromatic nitrogens is 1. The maximum Gasteiger partial charge on any atom is 0.273 e. The number of anilines is 2. The third-order valence-corrected chi connectivity index (χ3v) is 7.36. The predicted molar refractivity (Wildman–Crippen MR) is 134 cm³/mol. The standard InChI is InChI=1S/C26H19N3O2S2/c1-31-18-7-9-21-20(12-18)17(15-28-21)11-16(14-27)26(30)29-22-5-3-4-6-24(22)33-25-10-8-19(32-2)13-23(25)29/h3-13,15,28H,1-2H3/b16-11+. The Morgan fingerprint density at radius 2 is 1.94 bits per heavy atom. The molecule has 0 aliphatic carbocycles. The van der Waals surface area contributed by atoms with E-state index in [1.54, 1.807) is 47.8 Å². The van der Waals surface area contributed by atoms with Crippen molar-refractivity contribution in [2.24, 2.45) is 0 Å². The maximum atomic E-state index is 13.8. The van der Waals surface area contributed by atoms with Crippen molar-refractivity contribution in [2.45, 2.75) is 14.7 Å². The number of aromatic amines is 1. The number of carbonyl (C=O) groups excluding carboxylic acids is 1. The highest BCUT2D eigenvalue weighted by atomic mass is 32.2. The minimum Gasteiger partial charge on any atom is -0.497 e. The summed E-state index contributed by atoms with van der Waals surface area (Å²) in [5.74, 6) is 0.351. The molecule has 0 unspecified atom stereocenters. The zero-order valence-corrected chi connectivity index (χ0v) is 19.6. The number of para-hydroxylation sites is 1. The lowest BCUT2D eigenvalue weighted by molar-refractivity contribution is -0.114. The number of fused-ring (bicyclic) bond motifs is 3. The van der Waals surface area contributed by atoms with Gasteiger partial charge in [-0.1, -0.05) is 23.9 Å². The Morgan fingerprint density at radius 1 is 1.12 bits per heavy atom. The molecule has 3 aromatic carbocycles. The second-order valence-corrected chi connectivity index (χ2v) is 9.33. The van der Waals surface area contributed by atoms with Crippen molar-refractivity contribution in [3.63, 3.8) is 0 Å². The molecule has 0 radical (unpaired) electrons. The van der Waals surface area contributed by atoms with E-state index < -0.39 is 0 Å². The first-order valence-corrected chi connectivity index (χ1v) is 12.2. The fourth-order valence-electron chi connectivity index (χ4n) is 3.87. The fraction of sp³-hybridized carbons (Fsp3) is 0.0769. The molecule has 1 aromatic heterocycles. The first kappa shape index (κ1) is 21.3. The lowest BCUT2D eigenvalue weighted by Crippen LogP contribution is -2.29. The molecule has 0 saturated heterocycles. The van der Waals surface area contributed by atoms with Crippen molar-refractivity contribution in [2.75, 3.05) is 18.3 Å². The van der Waals surface area contributed by atoms with Crippen LogP contribution < -0.4 is 9.64 Å². The zero-order valence-electron chi connectivity index (χ0n) is 18.0. The number of nitriles is 1. The van der Waals surface area contributed by atoms with Crippen LogP contribution in [-0.2, 0) is 4.79 Å². The SMILES string of the molecule is COc1ccc2[nH]cc(/C=C(\C#N)C(=O)N3c4ccccc4Sc4ccc(SC)cc43)c2c1. The van der Waals surface area contributed by atoms with Crippen molar-refractivity contribution in [3.8, 4) is 11.8 Å². The molecule has 4 aromatic rings. The summed E-state index contributed by atoms with van der Waals surface area (Å²) >= 11 is 3.25. The number of nitrogens with zero attached hydrogens (tertiary/aromatic N) is 2. The van der Waals surface area contributed by atoms with Gasteiger partial charge in [0, 0.05) is 37.3 Å². The molecule has 7 heteroatoms. The van der Waals surface area contributed by atoms with E-state index in [4.69, 9.17) is 4.74 Å². The first-order valence-electron chi connectivity index (χ1n) is 10.2. The summed E-state index contributed by atoms with van der Waals surface area (Å²) in [6, 6.07) is 21.7. The molecule has 0 saturated carbocycles. The maximum absolute atomic E-state index is 13.8. The number of carbonyl (C=O) groups is 1. The molecule has 162 valence electrons. The second kappa shape index (κ2) is 8.74. The Hall–Kier alpha value is -3.60. The second-order valence-electron chi connectivity index (χ2n) is 7.37. The summed E-state index contributed by atoms with van der Waals surface area (Å²) in [5.41, 5.74) is 3.28. The van der Waals surface area contributed by atoms with Crippen LogP contribution in [0.15, 0.2) is 87.1 Å². The summed E-state index contributed by atoms with van der Waals surface area (Å²) in [7, 11) is 1.61. The number of H-pyrrole nitrogens is 1. The lowest BCUT2D eigenvalue weighted by atomic mass is 10.1. The van der Waals surface area contributed by atoms with Crippen LogP contribution in [0.25, 0.3) is 17.0 Å². The molecule has 1 aliphatic heterocycles. The van der Waals surface area contributed by atoms with Gasteiger partial charge in [-0.3, -0.25) is 9.69 Å². The number of ether oxygens (including phenoxy) is 1. The van der Waals surface area contributed by atoms with Gasteiger partial charge in [-0.2, -0.15) is 5.26 Å². The van der Waals surface area contributed by atoms with E-state index in [-0.39, 0.29) is 11.5 Å². The number of thioether (sulfide) groups is 1. The van der Waals surface area contributed by atoms with Gasteiger partial charge in [0.2, 0.25) is 0 Å². The van der Waals surface area contributed by atoms with Gasteiger partial charge in [-0.15, -0.1) is 11.8 Å². The Morgan fingerprint density at radius 3 is 2.73 bits per heavy atom. The van der Waals surface area contributed by atoms with Gasteiger partial charge in [0.15, 0.2) is 0 Å². The van der Waals surface area contributed by atoms with Gasteiger partial charge in [0.05, 0.1) is 18.5 Å². The number of benzene rings is 3. The fourth-order valence-corrected chi connectivity index (χ4v) is 5.34. The van der Waals surface area contributed by atoms with E-state index >= 15 is 0 Å². The van der Waals surface area contributed by atoms with Gasteiger partial charge in [-0.25, -0.2) is 0 Å². The van der Waals surface area contributed by atoms with Crippen LogP contribution in [0.2, 0.25) is 0 Å². The number of amides is 1. The largest absolute Gasteiger partial charge is 0.497 e. The van der Waals surface area contributed by atoms with Crippen LogP contribution in [0.4, 0.5) is 11.4 Å². The van der Waals surface area contributed by atoms with Crippen LogP contribution in [0, 0.1) is 11.3 Å². The van der Waals surface area contributed by atoms with Crippen molar-refractivity contribution in [3.05, 3.63) is 78.0 Å². The Kier molecular flexibility index (Phi) is 5.63. The van der Waals surface area contributed by atoms with Gasteiger partial charge >= 0.3 is 0 Å². The summed E-state index contributed by atoms with van der Waals surface area (Å²) < 4.78 is 5.34. The number of hydrogen-bond donors (Lipinski definition) is 1. The van der Waals surface area contributed by atoms with Gasteiger partial charge in [0.25, 0.3) is 5.91 Å². The number of nitrogens with one attached hydrogen (secondary N) is 1. The Labute approximate surface area is 200 Å². The molecule has 1 aliphatic rings. The van der Waals surface area contributed by atoms with E-state index in [0.717, 1.165) is 42.5 Å². The molecular formula is C26H19N3O2S2. The molecule has 1 amide bonds. The highest BCUT2D eigenvalue weighted by molar-refractivity contribution is 8.00. The highest BCUT2D eigenvalue weighted by Gasteiger charge is 2.30. The van der Waals surface area contributed by atoms with Crippen LogP contribution in [0.3, 0.4) is 0 Å². The summed E-state index contributed by atoms with van der Waals surface area (Å²) in [6.07, 6.45) is 5.45. The molecule has 1 N–H and O–H groups in total. The zero-order chi connectivity index (χ0) is 22.9. The van der Waals surface area contributed by atoms with Gasteiger partial charge < -0.3 is 9.72 Å². The van der Waals surface area contributed by atoms with E-state index in [2.05, 4.69) is 11.1 Å². The molecule has 0 bridgehead atoms. The van der Waals surface area contributed by atoms with Crippen LogP contribution in [0.1, 0.15) is 5.56 Å². The quantitative estimate of drug-likeness (QED) is 0.206. The van der Waals surface area contributed by atoms with E-state index in [0.29, 0.717) is 5.75 Å².